The highest BCUT2D eigenvalue weighted by Gasteiger charge is 2.36. The predicted molar refractivity (Wildman–Crippen MR) is 45.2 cm³/mol. The Bertz CT molecular complexity index is 169. The minimum absolute atomic E-state index is 0.173. The average Bonchev–Trinajstić information content (AvgIpc) is 2.44. The van der Waals surface area contributed by atoms with Gasteiger partial charge in [-0.2, -0.15) is 0 Å². The van der Waals surface area contributed by atoms with Gasteiger partial charge in [0.2, 0.25) is 5.91 Å². The van der Waals surface area contributed by atoms with E-state index in [-0.39, 0.29) is 11.3 Å². The third-order valence-electron chi connectivity index (χ3n) is 2.11. The molecule has 0 aromatic rings. The van der Waals surface area contributed by atoms with E-state index in [1.807, 2.05) is 20.8 Å². The molecule has 1 rings (SSSR count). The molecule has 0 aromatic heterocycles. The lowest BCUT2D eigenvalue weighted by molar-refractivity contribution is -0.128. The first-order valence-corrected chi connectivity index (χ1v) is 4.22. The number of amides is 1. The zero-order valence-electron chi connectivity index (χ0n) is 7.77. The molecule has 2 heteroatoms. The Hall–Kier alpha value is -0.530. The lowest BCUT2D eigenvalue weighted by Gasteiger charge is -2.17. The lowest BCUT2D eigenvalue weighted by atomic mass is 9.96. The number of rotatable bonds is 1. The van der Waals surface area contributed by atoms with E-state index in [2.05, 4.69) is 12.2 Å². The molecule has 0 aliphatic heterocycles. The van der Waals surface area contributed by atoms with Gasteiger partial charge in [0, 0.05) is 11.5 Å². The van der Waals surface area contributed by atoms with E-state index < -0.39 is 0 Å². The summed E-state index contributed by atoms with van der Waals surface area (Å²) in [7, 11) is 0. The molecule has 0 radical (unpaired) electrons. The maximum absolute atomic E-state index is 11.3. The van der Waals surface area contributed by atoms with Gasteiger partial charge in [0.05, 0.1) is 0 Å². The van der Waals surface area contributed by atoms with Crippen molar-refractivity contribution >= 4 is 5.91 Å². The van der Waals surface area contributed by atoms with Crippen LogP contribution in [0.4, 0.5) is 0 Å². The van der Waals surface area contributed by atoms with Gasteiger partial charge in [-0.1, -0.05) is 27.7 Å². The van der Waals surface area contributed by atoms with Crippen molar-refractivity contribution in [2.24, 2.45) is 11.3 Å². The molecule has 1 amide bonds. The maximum Gasteiger partial charge on any atom is 0.225 e. The van der Waals surface area contributed by atoms with Crippen molar-refractivity contribution in [1.29, 1.82) is 0 Å². The summed E-state index contributed by atoms with van der Waals surface area (Å²) in [6.07, 6.45) is 1.15. The van der Waals surface area contributed by atoms with Crippen LogP contribution in [0.3, 0.4) is 0 Å². The molecule has 0 bridgehead atoms. The second-order valence-corrected chi connectivity index (χ2v) is 4.54. The van der Waals surface area contributed by atoms with Crippen LogP contribution in [0.1, 0.15) is 34.1 Å². The van der Waals surface area contributed by atoms with Crippen LogP contribution in [0.2, 0.25) is 0 Å². The Labute approximate surface area is 68.4 Å². The van der Waals surface area contributed by atoms with Gasteiger partial charge >= 0.3 is 0 Å². The Balaban J connectivity index is 2.33. The van der Waals surface area contributed by atoms with Gasteiger partial charge in [-0.3, -0.25) is 4.79 Å². The third-order valence-corrected chi connectivity index (χ3v) is 2.11. The molecule has 0 spiro atoms. The summed E-state index contributed by atoms with van der Waals surface area (Å²) in [5.41, 5.74) is -0.234. The smallest absolute Gasteiger partial charge is 0.225 e. The lowest BCUT2D eigenvalue weighted by Crippen LogP contribution is -2.36. The largest absolute Gasteiger partial charge is 0.353 e. The standard InChI is InChI=1S/C9H17NO/c1-6-5-7(6)10-8(11)9(2,3)4/h6-7H,5H2,1-4H3,(H,10,11)/t6-,7-/m1/s1. The van der Waals surface area contributed by atoms with Gasteiger partial charge in [-0.15, -0.1) is 0 Å². The highest BCUT2D eigenvalue weighted by Crippen LogP contribution is 2.30. The molecule has 0 saturated heterocycles. The molecular formula is C9H17NO. The third kappa shape index (κ3) is 2.21. The van der Waals surface area contributed by atoms with E-state index in [1.54, 1.807) is 0 Å². The van der Waals surface area contributed by atoms with Crippen molar-refractivity contribution in [3.8, 4) is 0 Å². The first-order valence-electron chi connectivity index (χ1n) is 4.22. The maximum atomic E-state index is 11.3. The molecule has 2 atom stereocenters. The number of carbonyl (C=O) groups is 1. The fraction of sp³-hybridized carbons (Fsp3) is 0.889. The van der Waals surface area contributed by atoms with Gasteiger partial charge < -0.3 is 5.32 Å². The molecule has 1 N–H and O–H groups in total. The van der Waals surface area contributed by atoms with Crippen molar-refractivity contribution in [3.05, 3.63) is 0 Å². The van der Waals surface area contributed by atoms with E-state index in [9.17, 15) is 4.79 Å². The van der Waals surface area contributed by atoms with Crippen LogP contribution in [-0.2, 0) is 4.79 Å². The number of hydrogen-bond acceptors (Lipinski definition) is 1. The number of hydrogen-bond donors (Lipinski definition) is 1. The van der Waals surface area contributed by atoms with Crippen LogP contribution in [0.5, 0.6) is 0 Å². The minimum atomic E-state index is -0.234. The molecule has 2 nitrogen and oxygen atoms in total. The minimum Gasteiger partial charge on any atom is -0.353 e. The Morgan fingerprint density at radius 1 is 1.45 bits per heavy atom. The summed E-state index contributed by atoms with van der Waals surface area (Å²) in [6.45, 7) is 7.98. The monoisotopic (exact) mass is 155 g/mol. The Kier molecular flexibility index (Phi) is 1.95. The second kappa shape index (κ2) is 2.50. The van der Waals surface area contributed by atoms with Crippen molar-refractivity contribution in [2.75, 3.05) is 0 Å². The van der Waals surface area contributed by atoms with Gasteiger partial charge in [0.15, 0.2) is 0 Å². The van der Waals surface area contributed by atoms with Crippen molar-refractivity contribution in [3.63, 3.8) is 0 Å². The highest BCUT2D eigenvalue weighted by atomic mass is 16.2. The van der Waals surface area contributed by atoms with Crippen LogP contribution in [0, 0.1) is 11.3 Å². The molecule has 1 saturated carbocycles. The van der Waals surface area contributed by atoms with Crippen molar-refractivity contribution in [2.45, 2.75) is 40.2 Å². The summed E-state index contributed by atoms with van der Waals surface area (Å²) in [5, 5.41) is 3.00. The fourth-order valence-electron chi connectivity index (χ4n) is 0.908. The van der Waals surface area contributed by atoms with E-state index in [0.29, 0.717) is 12.0 Å². The van der Waals surface area contributed by atoms with E-state index in [0.717, 1.165) is 6.42 Å². The van der Waals surface area contributed by atoms with Gasteiger partial charge in [-0.05, 0) is 12.3 Å². The van der Waals surface area contributed by atoms with Crippen LogP contribution >= 0.6 is 0 Å². The normalized spacial score (nSPS) is 29.8. The van der Waals surface area contributed by atoms with Crippen molar-refractivity contribution < 1.29 is 4.79 Å². The quantitative estimate of drug-likeness (QED) is 0.611. The number of nitrogens with one attached hydrogen (secondary N) is 1. The van der Waals surface area contributed by atoms with E-state index >= 15 is 0 Å². The first kappa shape index (κ1) is 8.57. The molecule has 1 aliphatic rings. The second-order valence-electron chi connectivity index (χ2n) is 4.54. The summed E-state index contributed by atoms with van der Waals surface area (Å²) in [4.78, 5) is 11.3. The zero-order chi connectivity index (χ0) is 8.65. The predicted octanol–water partition coefficient (Wildman–Crippen LogP) is 1.56. The molecule has 1 fully saturated rings. The molecule has 11 heavy (non-hydrogen) atoms. The molecule has 0 heterocycles. The summed E-state index contributed by atoms with van der Waals surface area (Å²) >= 11 is 0. The van der Waals surface area contributed by atoms with E-state index in [1.165, 1.54) is 0 Å². The van der Waals surface area contributed by atoms with Crippen LogP contribution < -0.4 is 5.32 Å². The number of carbonyl (C=O) groups excluding carboxylic acids is 1. The molecule has 0 unspecified atom stereocenters. The summed E-state index contributed by atoms with van der Waals surface area (Å²) in [6, 6.07) is 0.460. The molecular weight excluding hydrogens is 138 g/mol. The van der Waals surface area contributed by atoms with Gasteiger partial charge in [-0.25, -0.2) is 0 Å². The van der Waals surface area contributed by atoms with Crippen LogP contribution in [0.15, 0.2) is 0 Å². The van der Waals surface area contributed by atoms with Crippen LogP contribution in [-0.4, -0.2) is 11.9 Å². The van der Waals surface area contributed by atoms with Gasteiger partial charge in [0.25, 0.3) is 0 Å². The first-order chi connectivity index (χ1) is 4.91. The Morgan fingerprint density at radius 3 is 2.18 bits per heavy atom. The molecule has 0 aromatic carbocycles. The van der Waals surface area contributed by atoms with Crippen molar-refractivity contribution in [1.82, 2.24) is 5.32 Å². The van der Waals surface area contributed by atoms with Gasteiger partial charge in [0.1, 0.15) is 0 Å². The topological polar surface area (TPSA) is 29.1 Å². The Morgan fingerprint density at radius 2 is 1.91 bits per heavy atom. The summed E-state index contributed by atoms with van der Waals surface area (Å²) in [5.74, 6) is 0.869. The summed E-state index contributed by atoms with van der Waals surface area (Å²) < 4.78 is 0. The van der Waals surface area contributed by atoms with Crippen LogP contribution in [0.25, 0.3) is 0 Å². The molecule has 64 valence electrons. The average molecular weight is 155 g/mol. The van der Waals surface area contributed by atoms with E-state index in [4.69, 9.17) is 0 Å². The SMILES string of the molecule is C[C@@H]1C[C@H]1NC(=O)C(C)(C)C. The fourth-order valence-corrected chi connectivity index (χ4v) is 0.908. The zero-order valence-corrected chi connectivity index (χ0v) is 7.77. The highest BCUT2D eigenvalue weighted by molar-refractivity contribution is 5.81. The molecule has 1 aliphatic carbocycles.